The summed E-state index contributed by atoms with van der Waals surface area (Å²) in [5.41, 5.74) is 1.54. The Kier molecular flexibility index (Phi) is 3.66. The van der Waals surface area contributed by atoms with Crippen LogP contribution in [0.1, 0.15) is 30.5 Å². The summed E-state index contributed by atoms with van der Waals surface area (Å²) >= 11 is 0. The van der Waals surface area contributed by atoms with Crippen molar-refractivity contribution in [2.24, 2.45) is 0 Å². The van der Waals surface area contributed by atoms with E-state index >= 15 is 0 Å². The largest absolute Gasteiger partial charge is 0.326 e. The Morgan fingerprint density at radius 3 is 2.54 bits per heavy atom. The van der Waals surface area contributed by atoms with Gasteiger partial charge in [0.2, 0.25) is 0 Å². The Bertz CT molecular complexity index is 807. The first-order chi connectivity index (χ1) is 11.7. The van der Waals surface area contributed by atoms with E-state index in [1.165, 1.54) is 0 Å². The third kappa shape index (κ3) is 2.50. The lowest BCUT2D eigenvalue weighted by Gasteiger charge is -2.20. The molecular weight excluding hydrogens is 300 g/mol. The van der Waals surface area contributed by atoms with E-state index in [-0.39, 0.29) is 12.1 Å². The molecule has 0 spiro atoms. The SMILES string of the molecule is CN1C(=O)N(c2ccc(C#Cc3ccccc3)nn2)C2CCCC21. The van der Waals surface area contributed by atoms with Crippen molar-refractivity contribution < 1.29 is 4.79 Å². The summed E-state index contributed by atoms with van der Waals surface area (Å²) in [4.78, 5) is 16.1. The first-order valence-electron chi connectivity index (χ1n) is 8.21. The van der Waals surface area contributed by atoms with E-state index in [4.69, 9.17) is 0 Å². The van der Waals surface area contributed by atoms with E-state index in [1.807, 2.05) is 54.4 Å². The molecule has 2 unspecified atom stereocenters. The monoisotopic (exact) mass is 318 g/mol. The number of amides is 2. The molecule has 2 aliphatic rings. The average molecular weight is 318 g/mol. The fourth-order valence-electron chi connectivity index (χ4n) is 3.57. The molecule has 0 radical (unpaired) electrons. The zero-order valence-corrected chi connectivity index (χ0v) is 13.5. The van der Waals surface area contributed by atoms with Crippen LogP contribution in [0, 0.1) is 11.8 Å². The number of likely N-dealkylation sites (N-methyl/N-ethyl adjacent to an activating group) is 1. The second-order valence-electron chi connectivity index (χ2n) is 6.22. The third-order valence-corrected chi connectivity index (χ3v) is 4.79. The zero-order chi connectivity index (χ0) is 16.5. The lowest BCUT2D eigenvalue weighted by Crippen LogP contribution is -2.34. The number of fused-ring (bicyclic) bond motifs is 1. The third-order valence-electron chi connectivity index (χ3n) is 4.79. The Hall–Kier alpha value is -2.87. The normalized spacial score (nSPS) is 22.3. The van der Waals surface area contributed by atoms with Gasteiger partial charge in [0.15, 0.2) is 5.82 Å². The highest BCUT2D eigenvalue weighted by atomic mass is 16.2. The molecule has 4 rings (SSSR count). The molecule has 2 atom stereocenters. The minimum Gasteiger partial charge on any atom is -0.322 e. The molecule has 1 saturated heterocycles. The predicted octanol–water partition coefficient (Wildman–Crippen LogP) is 2.67. The van der Waals surface area contributed by atoms with Gasteiger partial charge in [-0.15, -0.1) is 10.2 Å². The van der Waals surface area contributed by atoms with Crippen LogP contribution in [0.2, 0.25) is 0 Å². The Morgan fingerprint density at radius 2 is 1.79 bits per heavy atom. The molecule has 5 heteroatoms. The molecule has 2 fully saturated rings. The van der Waals surface area contributed by atoms with Crippen LogP contribution in [0.3, 0.4) is 0 Å². The van der Waals surface area contributed by atoms with Gasteiger partial charge in [-0.25, -0.2) is 4.79 Å². The second-order valence-corrected chi connectivity index (χ2v) is 6.22. The minimum absolute atomic E-state index is 0.0159. The van der Waals surface area contributed by atoms with Crippen LogP contribution < -0.4 is 4.90 Å². The van der Waals surface area contributed by atoms with E-state index in [0.717, 1.165) is 24.8 Å². The van der Waals surface area contributed by atoms with Gasteiger partial charge in [-0.05, 0) is 49.4 Å². The van der Waals surface area contributed by atoms with Crippen LogP contribution in [0.4, 0.5) is 10.6 Å². The number of carbonyl (C=O) groups excluding carboxylic acids is 1. The predicted molar refractivity (Wildman–Crippen MR) is 91.5 cm³/mol. The van der Waals surface area contributed by atoms with Crippen LogP contribution in [-0.2, 0) is 0 Å². The number of hydrogen-bond acceptors (Lipinski definition) is 3. The number of benzene rings is 1. The molecule has 24 heavy (non-hydrogen) atoms. The molecular formula is C19H18N4O. The standard InChI is InChI=1S/C19H18N4O/c1-22-16-8-5-9-17(16)23(19(22)24)18-13-12-15(20-21-18)11-10-14-6-3-2-4-7-14/h2-4,6-7,12-13,16-17H,5,8-9H2,1H3. The molecule has 1 aromatic heterocycles. The zero-order valence-electron chi connectivity index (χ0n) is 13.5. The first-order valence-corrected chi connectivity index (χ1v) is 8.21. The molecule has 1 aliphatic carbocycles. The van der Waals surface area contributed by atoms with Gasteiger partial charge < -0.3 is 4.90 Å². The number of aromatic nitrogens is 2. The summed E-state index contributed by atoms with van der Waals surface area (Å²) in [7, 11) is 1.87. The summed E-state index contributed by atoms with van der Waals surface area (Å²) in [5.74, 6) is 6.69. The van der Waals surface area contributed by atoms with E-state index in [0.29, 0.717) is 17.6 Å². The topological polar surface area (TPSA) is 49.3 Å². The Morgan fingerprint density at radius 1 is 1.00 bits per heavy atom. The molecule has 2 aromatic rings. The quantitative estimate of drug-likeness (QED) is 0.760. The van der Waals surface area contributed by atoms with Gasteiger partial charge >= 0.3 is 6.03 Å². The number of hydrogen-bond donors (Lipinski definition) is 0. The second kappa shape index (κ2) is 5.97. The maximum Gasteiger partial charge on any atom is 0.326 e. The number of nitrogens with zero attached hydrogens (tertiary/aromatic N) is 4. The molecule has 0 bridgehead atoms. The van der Waals surface area contributed by atoms with Crippen molar-refractivity contribution >= 4 is 11.8 Å². The first kappa shape index (κ1) is 14.7. The summed E-state index contributed by atoms with van der Waals surface area (Å²) in [6.45, 7) is 0. The summed E-state index contributed by atoms with van der Waals surface area (Å²) in [6.07, 6.45) is 3.24. The van der Waals surface area contributed by atoms with E-state index in [9.17, 15) is 4.79 Å². The van der Waals surface area contributed by atoms with Gasteiger partial charge in [0.05, 0.1) is 12.1 Å². The Labute approximate surface area is 141 Å². The lowest BCUT2D eigenvalue weighted by molar-refractivity contribution is 0.218. The number of carbonyl (C=O) groups is 1. The molecule has 0 N–H and O–H groups in total. The highest BCUT2D eigenvalue weighted by molar-refractivity contribution is 5.94. The molecule has 5 nitrogen and oxygen atoms in total. The molecule has 1 aromatic carbocycles. The van der Waals surface area contributed by atoms with Crippen LogP contribution in [0.25, 0.3) is 0 Å². The fourth-order valence-corrected chi connectivity index (χ4v) is 3.57. The number of rotatable bonds is 1. The molecule has 1 aliphatic heterocycles. The van der Waals surface area contributed by atoms with Crippen LogP contribution in [0.5, 0.6) is 0 Å². The van der Waals surface area contributed by atoms with Crippen molar-refractivity contribution in [3.63, 3.8) is 0 Å². The summed E-state index contributed by atoms with van der Waals surface area (Å²) < 4.78 is 0. The van der Waals surface area contributed by atoms with Crippen molar-refractivity contribution in [2.45, 2.75) is 31.3 Å². The van der Waals surface area contributed by atoms with Crippen LogP contribution >= 0.6 is 0 Å². The van der Waals surface area contributed by atoms with Crippen molar-refractivity contribution in [1.29, 1.82) is 0 Å². The van der Waals surface area contributed by atoms with E-state index < -0.39 is 0 Å². The lowest BCUT2D eigenvalue weighted by atomic mass is 10.2. The van der Waals surface area contributed by atoms with Crippen molar-refractivity contribution in [2.75, 3.05) is 11.9 Å². The summed E-state index contributed by atoms with van der Waals surface area (Å²) in [5, 5.41) is 8.42. The van der Waals surface area contributed by atoms with Crippen molar-refractivity contribution in [1.82, 2.24) is 15.1 Å². The highest BCUT2D eigenvalue weighted by Gasteiger charge is 2.47. The van der Waals surface area contributed by atoms with Gasteiger partial charge in [0.1, 0.15) is 5.69 Å². The number of anilines is 1. The average Bonchev–Trinajstić information content (AvgIpc) is 3.18. The molecule has 1 saturated carbocycles. The Balaban J connectivity index is 1.56. The van der Waals surface area contributed by atoms with Crippen molar-refractivity contribution in [3.8, 4) is 11.8 Å². The maximum atomic E-state index is 12.5. The van der Waals surface area contributed by atoms with E-state index in [1.54, 1.807) is 4.90 Å². The van der Waals surface area contributed by atoms with Crippen LogP contribution in [-0.4, -0.2) is 40.3 Å². The van der Waals surface area contributed by atoms with Gasteiger partial charge in [-0.1, -0.05) is 24.1 Å². The smallest absolute Gasteiger partial charge is 0.322 e. The number of urea groups is 1. The van der Waals surface area contributed by atoms with Gasteiger partial charge in [0.25, 0.3) is 0 Å². The van der Waals surface area contributed by atoms with Crippen molar-refractivity contribution in [3.05, 3.63) is 53.7 Å². The fraction of sp³-hybridized carbons (Fsp3) is 0.316. The van der Waals surface area contributed by atoms with E-state index in [2.05, 4.69) is 22.0 Å². The molecule has 2 amide bonds. The summed E-state index contributed by atoms with van der Waals surface area (Å²) in [6, 6.07) is 14.0. The maximum absolute atomic E-state index is 12.5. The van der Waals surface area contributed by atoms with Gasteiger partial charge in [-0.2, -0.15) is 0 Å². The van der Waals surface area contributed by atoms with Crippen LogP contribution in [0.15, 0.2) is 42.5 Å². The highest BCUT2D eigenvalue weighted by Crippen LogP contribution is 2.36. The molecule has 120 valence electrons. The van der Waals surface area contributed by atoms with Gasteiger partial charge in [-0.3, -0.25) is 4.90 Å². The van der Waals surface area contributed by atoms with Gasteiger partial charge in [0, 0.05) is 12.6 Å². The molecule has 2 heterocycles. The minimum atomic E-state index is 0.0159.